The van der Waals surface area contributed by atoms with Crippen molar-refractivity contribution < 1.29 is 4.79 Å². The minimum Gasteiger partial charge on any atom is -0.358 e. The summed E-state index contributed by atoms with van der Waals surface area (Å²) in [5.41, 5.74) is 6.14. The van der Waals surface area contributed by atoms with Gasteiger partial charge in [0.25, 0.3) is 0 Å². The molecule has 3 nitrogen and oxygen atoms in total. The molecule has 0 atom stereocenters. The Morgan fingerprint density at radius 1 is 1.47 bits per heavy atom. The molecule has 0 radical (unpaired) electrons. The van der Waals surface area contributed by atoms with E-state index >= 15 is 0 Å². The Morgan fingerprint density at radius 2 is 2.07 bits per heavy atom. The summed E-state index contributed by atoms with van der Waals surface area (Å²) in [6.07, 6.45) is 7.95. The minimum atomic E-state index is -0.130. The van der Waals surface area contributed by atoms with Crippen LogP contribution in [0.15, 0.2) is 37.0 Å². The number of likely N-dealkylation sites (N-methyl/N-ethyl adjacent to an activating group) is 1. The Morgan fingerprint density at radius 3 is 2.27 bits per heavy atom. The molecule has 0 bridgehead atoms. The van der Waals surface area contributed by atoms with Crippen molar-refractivity contribution in [2.75, 3.05) is 13.6 Å². The second kappa shape index (κ2) is 12.7. The van der Waals surface area contributed by atoms with Crippen molar-refractivity contribution in [3.63, 3.8) is 0 Å². The van der Waals surface area contributed by atoms with Crippen LogP contribution in [-0.4, -0.2) is 19.5 Å². The Kier molecular flexibility index (Phi) is 13.6. The number of hydrogen-bond acceptors (Lipinski definition) is 2. The summed E-state index contributed by atoms with van der Waals surface area (Å²) in [6.45, 7) is 9.52. The van der Waals surface area contributed by atoms with Gasteiger partial charge in [-0.05, 0) is 12.0 Å². The van der Waals surface area contributed by atoms with E-state index in [1.807, 2.05) is 12.2 Å². The SMILES string of the molecule is C=C/C=C(\C=C)CCC.CNC(=O)CN. The molecule has 0 saturated carbocycles. The molecule has 3 heteroatoms. The quantitative estimate of drug-likeness (QED) is 0.680. The Hall–Kier alpha value is -1.35. The Bertz CT molecular complexity index is 214. The largest absolute Gasteiger partial charge is 0.358 e. The van der Waals surface area contributed by atoms with Crippen LogP contribution in [0.4, 0.5) is 0 Å². The van der Waals surface area contributed by atoms with Crippen molar-refractivity contribution in [3.05, 3.63) is 37.0 Å². The van der Waals surface area contributed by atoms with Crippen LogP contribution in [0.1, 0.15) is 19.8 Å². The normalized spacial score (nSPS) is 9.67. The average molecular weight is 210 g/mol. The van der Waals surface area contributed by atoms with Crippen molar-refractivity contribution in [1.82, 2.24) is 5.32 Å². The number of amides is 1. The molecule has 3 N–H and O–H groups in total. The van der Waals surface area contributed by atoms with E-state index in [2.05, 4.69) is 25.4 Å². The highest BCUT2D eigenvalue weighted by Gasteiger charge is 1.85. The first-order valence-electron chi connectivity index (χ1n) is 5.00. The van der Waals surface area contributed by atoms with Crippen LogP contribution in [0.3, 0.4) is 0 Å². The van der Waals surface area contributed by atoms with E-state index in [1.165, 1.54) is 12.0 Å². The van der Waals surface area contributed by atoms with Crippen molar-refractivity contribution >= 4 is 5.91 Å². The summed E-state index contributed by atoms with van der Waals surface area (Å²) in [7, 11) is 1.55. The van der Waals surface area contributed by atoms with Gasteiger partial charge in [0.15, 0.2) is 0 Å². The number of allylic oxidation sites excluding steroid dienone is 4. The summed E-state index contributed by atoms with van der Waals surface area (Å²) >= 11 is 0. The second-order valence-corrected chi connectivity index (χ2v) is 2.81. The molecule has 0 aromatic heterocycles. The third-order valence-electron chi connectivity index (χ3n) is 1.60. The van der Waals surface area contributed by atoms with Gasteiger partial charge < -0.3 is 11.1 Å². The van der Waals surface area contributed by atoms with Crippen LogP contribution in [0.5, 0.6) is 0 Å². The first-order chi connectivity index (χ1) is 7.15. The van der Waals surface area contributed by atoms with Crippen molar-refractivity contribution in [2.45, 2.75) is 19.8 Å². The number of rotatable bonds is 5. The fourth-order valence-corrected chi connectivity index (χ4v) is 0.796. The highest BCUT2D eigenvalue weighted by molar-refractivity contribution is 5.77. The van der Waals surface area contributed by atoms with Crippen LogP contribution in [-0.2, 0) is 4.79 Å². The maximum absolute atomic E-state index is 9.94. The molecule has 0 heterocycles. The van der Waals surface area contributed by atoms with Gasteiger partial charge in [-0.3, -0.25) is 4.79 Å². The Labute approximate surface area is 92.7 Å². The molecule has 0 saturated heterocycles. The summed E-state index contributed by atoms with van der Waals surface area (Å²) in [5, 5.41) is 2.35. The van der Waals surface area contributed by atoms with E-state index in [9.17, 15) is 4.79 Å². The van der Waals surface area contributed by atoms with Gasteiger partial charge in [-0.15, -0.1) is 0 Å². The van der Waals surface area contributed by atoms with Gasteiger partial charge in [-0.1, -0.05) is 44.7 Å². The molecular weight excluding hydrogens is 188 g/mol. The highest BCUT2D eigenvalue weighted by atomic mass is 16.1. The van der Waals surface area contributed by atoms with E-state index in [0.717, 1.165) is 6.42 Å². The van der Waals surface area contributed by atoms with Crippen LogP contribution in [0.2, 0.25) is 0 Å². The smallest absolute Gasteiger partial charge is 0.233 e. The molecule has 86 valence electrons. The van der Waals surface area contributed by atoms with Gasteiger partial charge in [0.1, 0.15) is 0 Å². The number of carbonyl (C=O) groups is 1. The molecule has 0 unspecified atom stereocenters. The predicted octanol–water partition coefficient (Wildman–Crippen LogP) is 1.78. The first-order valence-corrected chi connectivity index (χ1v) is 5.00. The van der Waals surface area contributed by atoms with Crippen LogP contribution in [0, 0.1) is 0 Å². The molecule has 0 aromatic rings. The standard InChI is InChI=1S/C9H14.C3H8N2O/c1-4-7-9(6-3)8-5-2;1-5-3(6)2-4/h4,6-7H,1,3,5,8H2,2H3;2,4H2,1H3,(H,5,6)/b9-7+;. The van der Waals surface area contributed by atoms with E-state index in [4.69, 9.17) is 5.73 Å². The van der Waals surface area contributed by atoms with E-state index in [-0.39, 0.29) is 12.5 Å². The molecule has 15 heavy (non-hydrogen) atoms. The van der Waals surface area contributed by atoms with Gasteiger partial charge in [0.05, 0.1) is 6.54 Å². The zero-order valence-corrected chi connectivity index (χ0v) is 9.75. The number of carbonyl (C=O) groups excluding carboxylic acids is 1. The van der Waals surface area contributed by atoms with Crippen molar-refractivity contribution in [1.29, 1.82) is 0 Å². The van der Waals surface area contributed by atoms with E-state index in [0.29, 0.717) is 0 Å². The first kappa shape index (κ1) is 16.1. The zero-order chi connectivity index (χ0) is 12.1. The molecule has 0 aliphatic carbocycles. The number of nitrogens with one attached hydrogen (secondary N) is 1. The monoisotopic (exact) mass is 210 g/mol. The molecule has 1 amide bonds. The third-order valence-corrected chi connectivity index (χ3v) is 1.60. The van der Waals surface area contributed by atoms with Crippen LogP contribution in [0.25, 0.3) is 0 Å². The fraction of sp³-hybridized carbons (Fsp3) is 0.417. The second-order valence-electron chi connectivity index (χ2n) is 2.81. The van der Waals surface area contributed by atoms with Gasteiger partial charge in [0.2, 0.25) is 5.91 Å². The van der Waals surface area contributed by atoms with E-state index in [1.54, 1.807) is 13.1 Å². The summed E-state index contributed by atoms with van der Waals surface area (Å²) in [4.78, 5) is 9.94. The lowest BCUT2D eigenvalue weighted by molar-refractivity contribution is -0.119. The molecule has 0 aliphatic rings. The lowest BCUT2D eigenvalue weighted by Crippen LogP contribution is -2.26. The maximum Gasteiger partial charge on any atom is 0.233 e. The maximum atomic E-state index is 9.94. The lowest BCUT2D eigenvalue weighted by Gasteiger charge is -1.93. The zero-order valence-electron chi connectivity index (χ0n) is 9.75. The average Bonchev–Trinajstić information content (AvgIpc) is 2.28. The summed E-state index contributed by atoms with van der Waals surface area (Å²) in [5.74, 6) is -0.130. The number of hydrogen-bond donors (Lipinski definition) is 2. The number of nitrogens with two attached hydrogens (primary N) is 1. The van der Waals surface area contributed by atoms with Gasteiger partial charge in [0, 0.05) is 7.05 Å². The summed E-state index contributed by atoms with van der Waals surface area (Å²) in [6, 6.07) is 0. The minimum absolute atomic E-state index is 0.0799. The fourth-order valence-electron chi connectivity index (χ4n) is 0.796. The van der Waals surface area contributed by atoms with E-state index < -0.39 is 0 Å². The van der Waals surface area contributed by atoms with Crippen molar-refractivity contribution in [3.8, 4) is 0 Å². The Balaban J connectivity index is 0. The third kappa shape index (κ3) is 12.6. The van der Waals surface area contributed by atoms with Gasteiger partial charge in [-0.2, -0.15) is 0 Å². The van der Waals surface area contributed by atoms with Crippen LogP contribution >= 0.6 is 0 Å². The molecule has 0 aromatic carbocycles. The van der Waals surface area contributed by atoms with Gasteiger partial charge >= 0.3 is 0 Å². The molecular formula is C12H22N2O. The van der Waals surface area contributed by atoms with Crippen LogP contribution < -0.4 is 11.1 Å². The van der Waals surface area contributed by atoms with Crippen molar-refractivity contribution in [2.24, 2.45) is 5.73 Å². The molecule has 0 spiro atoms. The summed E-state index contributed by atoms with van der Waals surface area (Å²) < 4.78 is 0. The predicted molar refractivity (Wildman–Crippen MR) is 66.5 cm³/mol. The lowest BCUT2D eigenvalue weighted by atomic mass is 10.1. The van der Waals surface area contributed by atoms with Gasteiger partial charge in [-0.25, -0.2) is 0 Å². The highest BCUT2D eigenvalue weighted by Crippen LogP contribution is 2.04. The topological polar surface area (TPSA) is 55.1 Å². The molecule has 0 rings (SSSR count). The molecule has 0 aliphatic heterocycles. The molecule has 0 fully saturated rings.